The lowest BCUT2D eigenvalue weighted by Gasteiger charge is -2.36. The molecule has 0 aromatic heterocycles. The summed E-state index contributed by atoms with van der Waals surface area (Å²) in [6.07, 6.45) is 0.760. The number of Topliss-reactive ketones (excluding diaryl/α,β-unsaturated/α-hetero) is 1. The standard InChI is InChI=1S/C15H20F3NO2/c1-10-12(14(21)15(16,17)18)8-9-13(20)19(10)11-6-4-2-3-5-7-11/h11H,2-9H2,1H3. The van der Waals surface area contributed by atoms with Crippen molar-refractivity contribution in [2.24, 2.45) is 0 Å². The van der Waals surface area contributed by atoms with Crippen LogP contribution < -0.4 is 0 Å². The highest BCUT2D eigenvalue weighted by atomic mass is 19.4. The van der Waals surface area contributed by atoms with Gasteiger partial charge in [-0.1, -0.05) is 25.7 Å². The van der Waals surface area contributed by atoms with Crippen molar-refractivity contribution >= 4 is 11.7 Å². The van der Waals surface area contributed by atoms with Crippen LogP contribution in [0.15, 0.2) is 11.3 Å². The number of ketones is 1. The summed E-state index contributed by atoms with van der Waals surface area (Å²) in [5.41, 5.74) is -0.0354. The monoisotopic (exact) mass is 303 g/mol. The molecule has 0 atom stereocenters. The van der Waals surface area contributed by atoms with Gasteiger partial charge in [-0.3, -0.25) is 9.59 Å². The van der Waals surface area contributed by atoms with Crippen LogP contribution in [0.4, 0.5) is 13.2 Å². The lowest BCUT2D eigenvalue weighted by atomic mass is 9.94. The molecule has 2 aliphatic rings. The van der Waals surface area contributed by atoms with Gasteiger partial charge in [-0.2, -0.15) is 13.2 Å². The van der Waals surface area contributed by atoms with E-state index in [4.69, 9.17) is 0 Å². The summed E-state index contributed by atoms with van der Waals surface area (Å²) in [7, 11) is 0. The lowest BCUT2D eigenvalue weighted by Crippen LogP contribution is -2.43. The van der Waals surface area contributed by atoms with Crippen LogP contribution in [0.3, 0.4) is 0 Å². The molecule has 0 spiro atoms. The minimum absolute atomic E-state index is 0.00894. The zero-order chi connectivity index (χ0) is 15.6. The van der Waals surface area contributed by atoms with E-state index < -0.39 is 12.0 Å². The quantitative estimate of drug-likeness (QED) is 0.729. The Kier molecular flexibility index (Phi) is 4.74. The second-order valence-corrected chi connectivity index (χ2v) is 5.80. The van der Waals surface area contributed by atoms with Crippen LogP contribution in [0.2, 0.25) is 0 Å². The fourth-order valence-electron chi connectivity index (χ4n) is 3.31. The topological polar surface area (TPSA) is 37.4 Å². The molecule has 1 saturated carbocycles. The Labute approximate surface area is 122 Å². The van der Waals surface area contributed by atoms with Gasteiger partial charge in [-0.15, -0.1) is 0 Å². The van der Waals surface area contributed by atoms with E-state index in [1.165, 1.54) is 11.8 Å². The maximum absolute atomic E-state index is 12.7. The number of carbonyl (C=O) groups excluding carboxylic acids is 2. The van der Waals surface area contributed by atoms with Gasteiger partial charge in [0.2, 0.25) is 5.91 Å². The summed E-state index contributed by atoms with van der Waals surface area (Å²) >= 11 is 0. The zero-order valence-electron chi connectivity index (χ0n) is 12.1. The molecule has 1 fully saturated rings. The molecule has 118 valence electrons. The van der Waals surface area contributed by atoms with Gasteiger partial charge in [0.25, 0.3) is 5.78 Å². The summed E-state index contributed by atoms with van der Waals surface area (Å²) < 4.78 is 38.0. The summed E-state index contributed by atoms with van der Waals surface area (Å²) in [6.45, 7) is 1.47. The van der Waals surface area contributed by atoms with E-state index >= 15 is 0 Å². The third kappa shape index (κ3) is 3.47. The number of rotatable bonds is 2. The Morgan fingerprint density at radius 3 is 2.19 bits per heavy atom. The smallest absolute Gasteiger partial charge is 0.313 e. The van der Waals surface area contributed by atoms with Crippen molar-refractivity contribution in [1.29, 1.82) is 0 Å². The molecule has 0 aromatic carbocycles. The number of amides is 1. The molecule has 0 aromatic rings. The minimum atomic E-state index is -4.87. The minimum Gasteiger partial charge on any atom is -0.313 e. The zero-order valence-corrected chi connectivity index (χ0v) is 12.1. The molecule has 0 N–H and O–H groups in total. The van der Waals surface area contributed by atoms with Gasteiger partial charge < -0.3 is 4.90 Å². The number of alkyl halides is 3. The van der Waals surface area contributed by atoms with Gasteiger partial charge in [-0.05, 0) is 26.2 Å². The van der Waals surface area contributed by atoms with Gasteiger partial charge in [0.15, 0.2) is 0 Å². The van der Waals surface area contributed by atoms with Crippen molar-refractivity contribution in [3.63, 3.8) is 0 Å². The number of nitrogens with zero attached hydrogens (tertiary/aromatic N) is 1. The predicted molar refractivity (Wildman–Crippen MR) is 71.3 cm³/mol. The molecule has 1 aliphatic carbocycles. The fraction of sp³-hybridized carbons (Fsp3) is 0.733. The van der Waals surface area contributed by atoms with Crippen molar-refractivity contribution in [3.05, 3.63) is 11.3 Å². The first kappa shape index (κ1) is 16.0. The first-order valence-electron chi connectivity index (χ1n) is 7.45. The molecule has 0 unspecified atom stereocenters. The number of hydrogen-bond donors (Lipinski definition) is 0. The number of allylic oxidation sites excluding steroid dienone is 2. The molecule has 3 nitrogen and oxygen atoms in total. The highest BCUT2D eigenvalue weighted by Crippen LogP contribution is 2.34. The van der Waals surface area contributed by atoms with Crippen molar-refractivity contribution in [2.45, 2.75) is 70.5 Å². The fourth-order valence-corrected chi connectivity index (χ4v) is 3.31. The summed E-state index contributed by atoms with van der Waals surface area (Å²) in [5, 5.41) is 0. The molecule has 21 heavy (non-hydrogen) atoms. The third-order valence-electron chi connectivity index (χ3n) is 4.38. The molecule has 1 aliphatic heterocycles. The van der Waals surface area contributed by atoms with Gasteiger partial charge >= 0.3 is 6.18 Å². The normalized spacial score (nSPS) is 22.5. The van der Waals surface area contributed by atoms with E-state index in [0.29, 0.717) is 0 Å². The molecule has 2 rings (SSSR count). The lowest BCUT2D eigenvalue weighted by molar-refractivity contribution is -0.167. The van der Waals surface area contributed by atoms with Crippen LogP contribution >= 0.6 is 0 Å². The molecule has 1 heterocycles. The Morgan fingerprint density at radius 1 is 1.10 bits per heavy atom. The summed E-state index contributed by atoms with van der Waals surface area (Å²) in [5.74, 6) is -1.95. The van der Waals surface area contributed by atoms with Crippen LogP contribution in [0, 0.1) is 0 Å². The molecule has 1 amide bonds. The first-order valence-corrected chi connectivity index (χ1v) is 7.45. The molecule has 0 radical (unpaired) electrons. The SMILES string of the molecule is CC1=C(C(=O)C(F)(F)F)CCC(=O)N1C1CCCCCC1. The summed E-state index contributed by atoms with van der Waals surface area (Å²) in [6, 6.07) is -0.0590. The number of carbonyl (C=O) groups is 2. The Hall–Kier alpha value is -1.33. The number of hydrogen-bond acceptors (Lipinski definition) is 2. The van der Waals surface area contributed by atoms with Crippen LogP contribution in [0.5, 0.6) is 0 Å². The Morgan fingerprint density at radius 2 is 1.67 bits per heavy atom. The highest BCUT2D eigenvalue weighted by Gasteiger charge is 2.44. The first-order chi connectivity index (χ1) is 9.82. The number of halogens is 3. The van der Waals surface area contributed by atoms with Crippen LogP contribution in [-0.2, 0) is 9.59 Å². The average Bonchev–Trinajstić information content (AvgIpc) is 2.66. The van der Waals surface area contributed by atoms with Gasteiger partial charge in [0, 0.05) is 23.7 Å². The molecule has 6 heteroatoms. The van der Waals surface area contributed by atoms with E-state index in [1.807, 2.05) is 0 Å². The van der Waals surface area contributed by atoms with Crippen LogP contribution in [-0.4, -0.2) is 28.8 Å². The third-order valence-corrected chi connectivity index (χ3v) is 4.38. The van der Waals surface area contributed by atoms with Crippen LogP contribution in [0.1, 0.15) is 58.3 Å². The maximum atomic E-state index is 12.7. The van der Waals surface area contributed by atoms with Gasteiger partial charge in [0.05, 0.1) is 0 Å². The van der Waals surface area contributed by atoms with Gasteiger partial charge in [-0.25, -0.2) is 0 Å². The summed E-state index contributed by atoms with van der Waals surface area (Å²) in [4.78, 5) is 25.1. The second-order valence-electron chi connectivity index (χ2n) is 5.80. The van der Waals surface area contributed by atoms with Crippen molar-refractivity contribution in [3.8, 4) is 0 Å². The van der Waals surface area contributed by atoms with Gasteiger partial charge in [0.1, 0.15) is 0 Å². The van der Waals surface area contributed by atoms with Crippen molar-refractivity contribution in [1.82, 2.24) is 4.90 Å². The largest absolute Gasteiger partial charge is 0.454 e. The molecular formula is C15H20F3NO2. The van der Waals surface area contributed by atoms with E-state index in [0.717, 1.165) is 38.5 Å². The van der Waals surface area contributed by atoms with Crippen molar-refractivity contribution in [2.75, 3.05) is 0 Å². The Balaban J connectivity index is 2.30. The van der Waals surface area contributed by atoms with E-state index in [-0.39, 0.29) is 36.1 Å². The van der Waals surface area contributed by atoms with E-state index in [2.05, 4.69) is 0 Å². The molecule has 0 bridgehead atoms. The van der Waals surface area contributed by atoms with E-state index in [1.54, 1.807) is 0 Å². The average molecular weight is 303 g/mol. The van der Waals surface area contributed by atoms with E-state index in [9.17, 15) is 22.8 Å². The maximum Gasteiger partial charge on any atom is 0.454 e. The predicted octanol–water partition coefficient (Wildman–Crippen LogP) is 3.74. The highest BCUT2D eigenvalue weighted by molar-refractivity contribution is 6.02. The second kappa shape index (κ2) is 6.20. The Bertz CT molecular complexity index is 460. The van der Waals surface area contributed by atoms with Crippen LogP contribution in [0.25, 0.3) is 0 Å². The molecule has 0 saturated heterocycles. The van der Waals surface area contributed by atoms with Crippen molar-refractivity contribution < 1.29 is 22.8 Å². The molecular weight excluding hydrogens is 283 g/mol.